The molecule has 96 valence electrons. The van der Waals surface area contributed by atoms with Gasteiger partial charge in [-0.1, -0.05) is 5.16 Å². The highest BCUT2D eigenvalue weighted by atomic mass is 16.5. The molecule has 0 spiro atoms. The predicted molar refractivity (Wildman–Crippen MR) is 63.8 cm³/mol. The first-order valence-electron chi connectivity index (χ1n) is 6.34. The maximum Gasteiger partial charge on any atom is 0.228 e. The van der Waals surface area contributed by atoms with Gasteiger partial charge >= 0.3 is 0 Å². The van der Waals surface area contributed by atoms with Gasteiger partial charge in [0, 0.05) is 32.1 Å². The van der Waals surface area contributed by atoms with E-state index in [0.717, 1.165) is 44.2 Å². The van der Waals surface area contributed by atoms with Crippen LogP contribution in [0.1, 0.15) is 31.5 Å². The van der Waals surface area contributed by atoms with Crippen LogP contribution in [0.5, 0.6) is 0 Å². The van der Waals surface area contributed by atoms with E-state index in [-0.39, 0.29) is 0 Å². The summed E-state index contributed by atoms with van der Waals surface area (Å²) in [6.07, 6.45) is 4.01. The van der Waals surface area contributed by atoms with E-state index in [9.17, 15) is 0 Å². The van der Waals surface area contributed by atoms with Gasteiger partial charge in [0.2, 0.25) is 5.89 Å². The van der Waals surface area contributed by atoms with Gasteiger partial charge in [0.05, 0.1) is 0 Å². The van der Waals surface area contributed by atoms with E-state index < -0.39 is 0 Å². The van der Waals surface area contributed by atoms with Gasteiger partial charge in [-0.25, -0.2) is 0 Å². The molecular formula is C12H21N3O2. The smallest absolute Gasteiger partial charge is 0.228 e. The fourth-order valence-corrected chi connectivity index (χ4v) is 2.05. The maximum absolute atomic E-state index is 5.45. The molecule has 0 amide bonds. The molecule has 1 N–H and O–H groups in total. The number of ether oxygens (including phenoxy) is 1. The number of aromatic nitrogens is 2. The second kappa shape index (κ2) is 6.12. The molecule has 0 saturated carbocycles. The third-order valence-corrected chi connectivity index (χ3v) is 3.21. The molecule has 2 atom stereocenters. The largest absolute Gasteiger partial charge is 0.381 e. The second-order valence-electron chi connectivity index (χ2n) is 4.79. The summed E-state index contributed by atoms with van der Waals surface area (Å²) in [5.41, 5.74) is 0. The molecule has 5 heteroatoms. The Kier molecular flexibility index (Phi) is 4.50. The summed E-state index contributed by atoms with van der Waals surface area (Å²) in [5, 5.41) is 7.18. The van der Waals surface area contributed by atoms with E-state index in [1.54, 1.807) is 0 Å². The Morgan fingerprint density at radius 2 is 2.41 bits per heavy atom. The molecule has 17 heavy (non-hydrogen) atoms. The molecule has 0 aliphatic carbocycles. The highest BCUT2D eigenvalue weighted by Crippen LogP contribution is 2.17. The lowest BCUT2D eigenvalue weighted by Gasteiger charge is -2.20. The lowest BCUT2D eigenvalue weighted by Crippen LogP contribution is -2.23. The Hall–Kier alpha value is -0.940. The van der Waals surface area contributed by atoms with E-state index in [4.69, 9.17) is 9.26 Å². The second-order valence-corrected chi connectivity index (χ2v) is 4.79. The Bertz CT molecular complexity index is 334. The van der Waals surface area contributed by atoms with Crippen molar-refractivity contribution in [3.63, 3.8) is 0 Å². The van der Waals surface area contributed by atoms with Crippen LogP contribution in [-0.4, -0.2) is 36.4 Å². The molecular weight excluding hydrogens is 218 g/mol. The standard InChI is InChI=1S/C12H21N3O2/c1-9(13-2)6-12-14-11(15-17-12)7-10-4-3-5-16-8-10/h9-10,13H,3-8H2,1-2H3. The highest BCUT2D eigenvalue weighted by Gasteiger charge is 2.18. The molecule has 0 aromatic carbocycles. The Balaban J connectivity index is 1.84. The molecule has 5 nitrogen and oxygen atoms in total. The minimum Gasteiger partial charge on any atom is -0.381 e. The van der Waals surface area contributed by atoms with Crippen LogP contribution < -0.4 is 5.32 Å². The Labute approximate surface area is 102 Å². The number of likely N-dealkylation sites (N-methyl/N-ethyl adjacent to an activating group) is 1. The van der Waals surface area contributed by atoms with Gasteiger partial charge in [-0.3, -0.25) is 0 Å². The van der Waals surface area contributed by atoms with Crippen molar-refractivity contribution in [3.8, 4) is 0 Å². The number of nitrogens with one attached hydrogen (secondary N) is 1. The summed E-state index contributed by atoms with van der Waals surface area (Å²) >= 11 is 0. The first-order valence-corrected chi connectivity index (χ1v) is 6.34. The summed E-state index contributed by atoms with van der Waals surface area (Å²) < 4.78 is 10.7. The number of rotatable bonds is 5. The van der Waals surface area contributed by atoms with E-state index in [1.165, 1.54) is 6.42 Å². The topological polar surface area (TPSA) is 60.2 Å². The van der Waals surface area contributed by atoms with Crippen LogP contribution in [0.2, 0.25) is 0 Å². The van der Waals surface area contributed by atoms with Crippen molar-refractivity contribution < 1.29 is 9.26 Å². The molecule has 1 aliphatic rings. The van der Waals surface area contributed by atoms with Crippen molar-refractivity contribution in [3.05, 3.63) is 11.7 Å². The van der Waals surface area contributed by atoms with Gasteiger partial charge in [-0.05, 0) is 32.7 Å². The molecule has 0 bridgehead atoms. The van der Waals surface area contributed by atoms with E-state index >= 15 is 0 Å². The summed E-state index contributed by atoms with van der Waals surface area (Å²) in [5.74, 6) is 2.09. The van der Waals surface area contributed by atoms with Crippen LogP contribution in [-0.2, 0) is 17.6 Å². The monoisotopic (exact) mass is 239 g/mol. The Morgan fingerprint density at radius 3 is 3.12 bits per heavy atom. The van der Waals surface area contributed by atoms with Gasteiger partial charge in [0.1, 0.15) is 0 Å². The number of hydrogen-bond acceptors (Lipinski definition) is 5. The van der Waals surface area contributed by atoms with Crippen molar-refractivity contribution in [1.82, 2.24) is 15.5 Å². The van der Waals surface area contributed by atoms with E-state index in [0.29, 0.717) is 12.0 Å². The zero-order valence-corrected chi connectivity index (χ0v) is 10.6. The van der Waals surface area contributed by atoms with E-state index in [1.807, 2.05) is 7.05 Å². The SMILES string of the molecule is CNC(C)Cc1nc(CC2CCCOC2)no1. The molecule has 1 aromatic rings. The van der Waals surface area contributed by atoms with Gasteiger partial charge in [0.15, 0.2) is 5.82 Å². The predicted octanol–water partition coefficient (Wildman–Crippen LogP) is 1.19. The summed E-state index contributed by atoms with van der Waals surface area (Å²) in [4.78, 5) is 4.42. The zero-order chi connectivity index (χ0) is 12.1. The average Bonchev–Trinajstić information content (AvgIpc) is 2.77. The van der Waals surface area contributed by atoms with Crippen LogP contribution in [0.3, 0.4) is 0 Å². The fraction of sp³-hybridized carbons (Fsp3) is 0.833. The van der Waals surface area contributed by atoms with Crippen LogP contribution in [0.4, 0.5) is 0 Å². The van der Waals surface area contributed by atoms with Crippen LogP contribution >= 0.6 is 0 Å². The van der Waals surface area contributed by atoms with Gasteiger partial charge in [-0.15, -0.1) is 0 Å². The van der Waals surface area contributed by atoms with Crippen molar-refractivity contribution in [2.24, 2.45) is 5.92 Å². The Morgan fingerprint density at radius 1 is 1.53 bits per heavy atom. The minimum atomic E-state index is 0.362. The molecule has 1 fully saturated rings. The van der Waals surface area contributed by atoms with Gasteiger partial charge in [-0.2, -0.15) is 4.98 Å². The third-order valence-electron chi connectivity index (χ3n) is 3.21. The molecule has 0 radical (unpaired) electrons. The minimum absolute atomic E-state index is 0.362. The van der Waals surface area contributed by atoms with Crippen molar-refractivity contribution >= 4 is 0 Å². The quantitative estimate of drug-likeness (QED) is 0.836. The van der Waals surface area contributed by atoms with Crippen molar-refractivity contribution in [2.45, 2.75) is 38.6 Å². The fourth-order valence-electron chi connectivity index (χ4n) is 2.05. The van der Waals surface area contributed by atoms with Crippen LogP contribution in [0.15, 0.2) is 4.52 Å². The molecule has 2 heterocycles. The summed E-state index contributed by atoms with van der Waals surface area (Å²) in [7, 11) is 1.93. The molecule has 2 unspecified atom stereocenters. The van der Waals surface area contributed by atoms with E-state index in [2.05, 4.69) is 22.4 Å². The first-order chi connectivity index (χ1) is 8.28. The van der Waals surface area contributed by atoms with Crippen LogP contribution in [0, 0.1) is 5.92 Å². The van der Waals surface area contributed by atoms with Crippen molar-refractivity contribution in [1.29, 1.82) is 0 Å². The lowest BCUT2D eigenvalue weighted by atomic mass is 9.98. The molecule has 2 rings (SSSR count). The highest BCUT2D eigenvalue weighted by molar-refractivity contribution is 4.90. The summed E-state index contributed by atoms with van der Waals surface area (Å²) in [6, 6.07) is 0.362. The maximum atomic E-state index is 5.45. The van der Waals surface area contributed by atoms with Crippen molar-refractivity contribution in [2.75, 3.05) is 20.3 Å². The number of hydrogen-bond donors (Lipinski definition) is 1. The average molecular weight is 239 g/mol. The lowest BCUT2D eigenvalue weighted by molar-refractivity contribution is 0.0541. The zero-order valence-electron chi connectivity index (χ0n) is 10.6. The van der Waals surface area contributed by atoms with Crippen LogP contribution in [0.25, 0.3) is 0 Å². The summed E-state index contributed by atoms with van der Waals surface area (Å²) in [6.45, 7) is 3.82. The number of nitrogens with zero attached hydrogens (tertiary/aromatic N) is 2. The molecule has 1 saturated heterocycles. The van der Waals surface area contributed by atoms with Gasteiger partial charge < -0.3 is 14.6 Å². The van der Waals surface area contributed by atoms with Gasteiger partial charge in [0.25, 0.3) is 0 Å². The molecule has 1 aliphatic heterocycles. The first kappa shape index (κ1) is 12.5. The normalized spacial score (nSPS) is 22.6. The molecule has 1 aromatic heterocycles. The third kappa shape index (κ3) is 3.78.